The second kappa shape index (κ2) is 7.34. The van der Waals surface area contributed by atoms with E-state index in [0.717, 1.165) is 16.7 Å². The first-order valence-electron chi connectivity index (χ1n) is 9.06. The van der Waals surface area contributed by atoms with E-state index >= 15 is 0 Å². The van der Waals surface area contributed by atoms with Gasteiger partial charge in [0, 0.05) is 0 Å². The molecule has 0 aliphatic carbocycles. The number of halogens is 1. The van der Waals surface area contributed by atoms with Gasteiger partial charge in [-0.15, -0.1) is 0 Å². The predicted molar refractivity (Wildman–Crippen MR) is 108 cm³/mol. The number of rotatable bonds is 4. The summed E-state index contributed by atoms with van der Waals surface area (Å²) in [6, 6.07) is 21.4. The minimum atomic E-state index is -3.78. The normalized spacial score (nSPS) is 19.8. The zero-order valence-electron chi connectivity index (χ0n) is 15.4. The molecule has 0 N–H and O–H groups in total. The Kier molecular flexibility index (Phi) is 4.87. The SMILES string of the molecule is Cc1ccc(S(=O)(=O)N2[C@@H](c3ccccc3)C=C[C@H]2c2ccc(F)cc2)cc1. The largest absolute Gasteiger partial charge is 0.244 e. The van der Waals surface area contributed by atoms with E-state index in [1.807, 2.05) is 49.4 Å². The quantitative estimate of drug-likeness (QED) is 0.573. The smallest absolute Gasteiger partial charge is 0.207 e. The molecule has 0 amide bonds. The lowest BCUT2D eigenvalue weighted by Gasteiger charge is -2.30. The summed E-state index contributed by atoms with van der Waals surface area (Å²) in [5.74, 6) is -0.349. The monoisotopic (exact) mass is 393 g/mol. The number of aryl methyl sites for hydroxylation is 1. The molecule has 3 nitrogen and oxygen atoms in total. The average molecular weight is 393 g/mol. The summed E-state index contributed by atoms with van der Waals surface area (Å²) >= 11 is 0. The fourth-order valence-corrected chi connectivity index (χ4v) is 5.22. The van der Waals surface area contributed by atoms with Gasteiger partial charge in [-0.2, -0.15) is 4.31 Å². The van der Waals surface area contributed by atoms with Crippen molar-refractivity contribution in [3.8, 4) is 0 Å². The van der Waals surface area contributed by atoms with Gasteiger partial charge in [0.1, 0.15) is 5.82 Å². The van der Waals surface area contributed by atoms with E-state index < -0.39 is 22.1 Å². The van der Waals surface area contributed by atoms with Crippen molar-refractivity contribution in [2.45, 2.75) is 23.9 Å². The van der Waals surface area contributed by atoms with Crippen LogP contribution in [0.2, 0.25) is 0 Å². The molecule has 1 heterocycles. The van der Waals surface area contributed by atoms with Crippen LogP contribution in [-0.4, -0.2) is 12.7 Å². The van der Waals surface area contributed by atoms with Crippen LogP contribution in [0.15, 0.2) is 95.9 Å². The summed E-state index contributed by atoms with van der Waals surface area (Å²) in [5, 5.41) is 0. The number of sulfonamides is 1. The van der Waals surface area contributed by atoms with E-state index in [2.05, 4.69) is 0 Å². The van der Waals surface area contributed by atoms with Crippen LogP contribution in [0.1, 0.15) is 28.8 Å². The zero-order valence-corrected chi connectivity index (χ0v) is 16.2. The lowest BCUT2D eigenvalue weighted by Crippen LogP contribution is -2.33. The molecule has 0 radical (unpaired) electrons. The van der Waals surface area contributed by atoms with Gasteiger partial charge in [-0.3, -0.25) is 0 Å². The van der Waals surface area contributed by atoms with E-state index in [-0.39, 0.29) is 10.7 Å². The molecule has 4 rings (SSSR count). The molecule has 0 bridgehead atoms. The minimum Gasteiger partial charge on any atom is -0.207 e. The molecular weight excluding hydrogens is 373 g/mol. The molecular formula is C23H20FNO2S. The molecule has 5 heteroatoms. The van der Waals surface area contributed by atoms with Crippen molar-refractivity contribution >= 4 is 10.0 Å². The van der Waals surface area contributed by atoms with Crippen LogP contribution < -0.4 is 0 Å². The standard InChI is InChI=1S/C23H20FNO2S/c1-17-7-13-21(14-8-17)28(26,27)25-22(18-5-3-2-4-6-18)15-16-23(25)19-9-11-20(24)12-10-19/h2-16,22-23H,1H3/t22-,23+/m1/s1. The predicted octanol–water partition coefficient (Wildman–Crippen LogP) is 5.18. The maximum absolute atomic E-state index is 13.6. The van der Waals surface area contributed by atoms with Gasteiger partial charge in [0.05, 0.1) is 17.0 Å². The fourth-order valence-electron chi connectivity index (χ4n) is 3.51. The fraction of sp³-hybridized carbons (Fsp3) is 0.130. The molecule has 0 saturated carbocycles. The Morgan fingerprint density at radius 2 is 1.29 bits per heavy atom. The van der Waals surface area contributed by atoms with Crippen LogP contribution >= 0.6 is 0 Å². The Balaban J connectivity index is 1.82. The first-order valence-corrected chi connectivity index (χ1v) is 10.5. The highest BCUT2D eigenvalue weighted by Gasteiger charge is 2.40. The topological polar surface area (TPSA) is 37.4 Å². The van der Waals surface area contributed by atoms with Crippen molar-refractivity contribution < 1.29 is 12.8 Å². The summed E-state index contributed by atoms with van der Waals surface area (Å²) in [5.41, 5.74) is 2.61. The Hall–Kier alpha value is -2.76. The van der Waals surface area contributed by atoms with Gasteiger partial charge < -0.3 is 0 Å². The number of hydrogen-bond donors (Lipinski definition) is 0. The summed E-state index contributed by atoms with van der Waals surface area (Å²) in [6.45, 7) is 1.92. The van der Waals surface area contributed by atoms with Crippen molar-refractivity contribution in [1.82, 2.24) is 4.31 Å². The lowest BCUT2D eigenvalue weighted by atomic mass is 10.1. The maximum Gasteiger partial charge on any atom is 0.244 e. The Bertz CT molecular complexity index is 1090. The minimum absolute atomic E-state index is 0.245. The van der Waals surface area contributed by atoms with Gasteiger partial charge in [0.2, 0.25) is 10.0 Å². The van der Waals surface area contributed by atoms with Gasteiger partial charge in [0.15, 0.2) is 0 Å². The highest BCUT2D eigenvalue weighted by molar-refractivity contribution is 7.89. The molecule has 2 atom stereocenters. The summed E-state index contributed by atoms with van der Waals surface area (Å²) in [6.07, 6.45) is 3.77. The molecule has 1 aliphatic heterocycles. The van der Waals surface area contributed by atoms with Crippen molar-refractivity contribution in [3.05, 3.63) is 114 Å². The van der Waals surface area contributed by atoms with Crippen molar-refractivity contribution in [1.29, 1.82) is 0 Å². The second-order valence-corrected chi connectivity index (χ2v) is 8.73. The van der Waals surface area contributed by atoms with Crippen LogP contribution in [0.4, 0.5) is 4.39 Å². The van der Waals surface area contributed by atoms with E-state index in [9.17, 15) is 12.8 Å². The average Bonchev–Trinajstić information content (AvgIpc) is 3.16. The van der Waals surface area contributed by atoms with E-state index in [1.54, 1.807) is 36.4 Å². The second-order valence-electron chi connectivity index (χ2n) is 6.88. The molecule has 28 heavy (non-hydrogen) atoms. The van der Waals surface area contributed by atoms with Crippen LogP contribution in [0.25, 0.3) is 0 Å². The van der Waals surface area contributed by atoms with Gasteiger partial charge in [-0.05, 0) is 42.3 Å². The summed E-state index contributed by atoms with van der Waals surface area (Å²) in [7, 11) is -3.78. The van der Waals surface area contributed by atoms with Crippen molar-refractivity contribution in [2.24, 2.45) is 0 Å². The highest BCUT2D eigenvalue weighted by atomic mass is 32.2. The van der Waals surface area contributed by atoms with Gasteiger partial charge >= 0.3 is 0 Å². The number of hydrogen-bond acceptors (Lipinski definition) is 2. The van der Waals surface area contributed by atoms with Crippen molar-refractivity contribution in [3.63, 3.8) is 0 Å². The summed E-state index contributed by atoms with van der Waals surface area (Å²) in [4.78, 5) is 0.245. The summed E-state index contributed by atoms with van der Waals surface area (Å²) < 4.78 is 42.1. The molecule has 142 valence electrons. The van der Waals surface area contributed by atoms with Crippen LogP contribution in [-0.2, 0) is 10.0 Å². The molecule has 0 spiro atoms. The molecule has 0 unspecified atom stereocenters. The third-order valence-electron chi connectivity index (χ3n) is 4.97. The highest BCUT2D eigenvalue weighted by Crippen LogP contribution is 2.42. The third-order valence-corrected chi connectivity index (χ3v) is 6.85. The van der Waals surface area contributed by atoms with Crippen LogP contribution in [0, 0.1) is 12.7 Å². The first-order chi connectivity index (χ1) is 13.5. The molecule has 1 aliphatic rings. The Morgan fingerprint density at radius 3 is 1.86 bits per heavy atom. The van der Waals surface area contributed by atoms with Gasteiger partial charge in [-0.25, -0.2) is 12.8 Å². The van der Waals surface area contributed by atoms with E-state index in [4.69, 9.17) is 0 Å². The van der Waals surface area contributed by atoms with Crippen molar-refractivity contribution in [2.75, 3.05) is 0 Å². The van der Waals surface area contributed by atoms with Gasteiger partial charge in [0.25, 0.3) is 0 Å². The molecule has 0 fully saturated rings. The zero-order chi connectivity index (χ0) is 19.7. The Morgan fingerprint density at radius 1 is 0.750 bits per heavy atom. The lowest BCUT2D eigenvalue weighted by molar-refractivity contribution is 0.350. The van der Waals surface area contributed by atoms with E-state index in [1.165, 1.54) is 16.4 Å². The van der Waals surface area contributed by atoms with Crippen LogP contribution in [0.3, 0.4) is 0 Å². The molecule has 3 aromatic carbocycles. The van der Waals surface area contributed by atoms with Gasteiger partial charge in [-0.1, -0.05) is 72.3 Å². The number of benzene rings is 3. The number of nitrogens with zero attached hydrogens (tertiary/aromatic N) is 1. The first kappa shape index (κ1) is 18.6. The van der Waals surface area contributed by atoms with E-state index in [0.29, 0.717) is 0 Å². The maximum atomic E-state index is 13.6. The molecule has 3 aromatic rings. The Labute approximate surface area is 164 Å². The molecule has 0 saturated heterocycles. The molecule has 0 aromatic heterocycles. The third kappa shape index (κ3) is 3.39. The van der Waals surface area contributed by atoms with Crippen LogP contribution in [0.5, 0.6) is 0 Å².